The van der Waals surface area contributed by atoms with Gasteiger partial charge in [0.2, 0.25) is 0 Å². The molecule has 0 radical (unpaired) electrons. The van der Waals surface area contributed by atoms with Gasteiger partial charge in [0, 0.05) is 47.1 Å². The molecule has 1 saturated heterocycles. The van der Waals surface area contributed by atoms with Crippen LogP contribution in [0.15, 0.2) is 48.5 Å². The summed E-state index contributed by atoms with van der Waals surface area (Å²) in [7, 11) is 0. The number of nitrogens with one attached hydrogen (secondary N) is 3. The Bertz CT molecular complexity index is 1300. The minimum absolute atomic E-state index is 0.0268. The zero-order valence-electron chi connectivity index (χ0n) is 19.4. The van der Waals surface area contributed by atoms with E-state index in [9.17, 15) is 9.59 Å². The van der Waals surface area contributed by atoms with Crippen molar-refractivity contribution in [1.29, 1.82) is 0 Å². The maximum Gasteiger partial charge on any atom is 0.256 e. The highest BCUT2D eigenvalue weighted by atomic mass is 35.5. The summed E-state index contributed by atoms with van der Waals surface area (Å²) in [6.07, 6.45) is 1.80. The van der Waals surface area contributed by atoms with Gasteiger partial charge in [0.15, 0.2) is 0 Å². The Labute approximate surface area is 204 Å². The Balaban J connectivity index is 1.57. The minimum atomic E-state index is -0.188. The molecule has 2 aliphatic heterocycles. The first-order valence-electron chi connectivity index (χ1n) is 11.5. The van der Waals surface area contributed by atoms with Crippen molar-refractivity contribution in [1.82, 2.24) is 15.2 Å². The molecule has 2 amide bonds. The molecule has 1 fully saturated rings. The predicted octanol–water partition coefficient (Wildman–Crippen LogP) is 4.96. The first-order chi connectivity index (χ1) is 16.3. The van der Waals surface area contributed by atoms with E-state index in [1.807, 2.05) is 60.4 Å². The number of nitrogens with zero attached hydrogens (tertiary/aromatic N) is 1. The van der Waals surface area contributed by atoms with Crippen LogP contribution >= 0.6 is 11.6 Å². The Morgan fingerprint density at radius 1 is 1.09 bits per heavy atom. The Hall–Kier alpha value is -3.35. The molecule has 6 nitrogen and oxygen atoms in total. The number of amides is 2. The summed E-state index contributed by atoms with van der Waals surface area (Å²) in [6.45, 7) is 7.38. The molecule has 0 saturated carbocycles. The van der Waals surface area contributed by atoms with Gasteiger partial charge in [-0.15, -0.1) is 0 Å². The number of H-pyrrole nitrogens is 1. The molecule has 5 rings (SSSR count). The number of carbonyl (C=O) groups is 2. The van der Waals surface area contributed by atoms with Crippen LogP contribution in [0.25, 0.3) is 22.8 Å². The van der Waals surface area contributed by atoms with Crippen molar-refractivity contribution in [3.63, 3.8) is 0 Å². The SMILES string of the molecule is Cc1cc(C(=O)N2C[C@@H](C)N[C@@H](C)C2)c(C=C2C(=O)Nc3cccc(-c4ccc(Cl)cc4)c32)[nH]1. The molecule has 0 aliphatic carbocycles. The number of rotatable bonds is 3. The number of fused-ring (bicyclic) bond motifs is 1. The van der Waals surface area contributed by atoms with Crippen molar-refractivity contribution in [2.45, 2.75) is 32.9 Å². The number of aryl methyl sites for hydroxylation is 1. The molecule has 7 heteroatoms. The number of hydrogen-bond donors (Lipinski definition) is 3. The number of halogens is 1. The van der Waals surface area contributed by atoms with Crippen LogP contribution in [0.1, 0.15) is 41.2 Å². The number of aromatic amines is 1. The largest absolute Gasteiger partial charge is 0.358 e. The third kappa shape index (κ3) is 4.15. The highest BCUT2D eigenvalue weighted by molar-refractivity contribution is 6.36. The van der Waals surface area contributed by atoms with Crippen LogP contribution in [0, 0.1) is 6.92 Å². The summed E-state index contributed by atoms with van der Waals surface area (Å²) >= 11 is 6.09. The van der Waals surface area contributed by atoms with Gasteiger partial charge in [0.25, 0.3) is 11.8 Å². The Morgan fingerprint density at radius 2 is 1.79 bits per heavy atom. The van der Waals surface area contributed by atoms with Gasteiger partial charge in [-0.05, 0) is 62.2 Å². The number of aromatic nitrogens is 1. The molecule has 1 aromatic heterocycles. The Kier molecular flexibility index (Phi) is 5.80. The molecule has 2 atom stereocenters. The van der Waals surface area contributed by atoms with Crippen LogP contribution in [0.2, 0.25) is 5.02 Å². The zero-order valence-corrected chi connectivity index (χ0v) is 20.2. The minimum Gasteiger partial charge on any atom is -0.358 e. The third-order valence-corrected chi connectivity index (χ3v) is 6.58. The van der Waals surface area contributed by atoms with Crippen LogP contribution in [-0.4, -0.2) is 46.9 Å². The second-order valence-electron chi connectivity index (χ2n) is 9.21. The molecule has 3 heterocycles. The first kappa shape index (κ1) is 22.4. The zero-order chi connectivity index (χ0) is 24.0. The van der Waals surface area contributed by atoms with E-state index in [-0.39, 0.29) is 23.9 Å². The van der Waals surface area contributed by atoms with E-state index < -0.39 is 0 Å². The number of piperazine rings is 1. The van der Waals surface area contributed by atoms with E-state index in [0.717, 1.165) is 28.1 Å². The van der Waals surface area contributed by atoms with E-state index in [4.69, 9.17) is 11.6 Å². The van der Waals surface area contributed by atoms with E-state index in [0.29, 0.717) is 34.9 Å². The fourth-order valence-corrected chi connectivity index (χ4v) is 5.09. The quantitative estimate of drug-likeness (QED) is 0.469. The van der Waals surface area contributed by atoms with Crippen molar-refractivity contribution in [2.75, 3.05) is 18.4 Å². The van der Waals surface area contributed by atoms with Crippen LogP contribution < -0.4 is 10.6 Å². The highest BCUT2D eigenvalue weighted by Gasteiger charge is 2.30. The summed E-state index contributed by atoms with van der Waals surface area (Å²) in [5, 5.41) is 7.09. The highest BCUT2D eigenvalue weighted by Crippen LogP contribution is 2.40. The van der Waals surface area contributed by atoms with Crippen LogP contribution in [0.5, 0.6) is 0 Å². The third-order valence-electron chi connectivity index (χ3n) is 6.33. The number of carbonyl (C=O) groups excluding carboxylic acids is 2. The van der Waals surface area contributed by atoms with Crippen LogP contribution in [0.4, 0.5) is 5.69 Å². The summed E-state index contributed by atoms with van der Waals surface area (Å²) in [5.74, 6) is -0.215. The maximum atomic E-state index is 13.5. The molecule has 2 aliphatic rings. The van der Waals surface area contributed by atoms with Crippen molar-refractivity contribution in [2.24, 2.45) is 0 Å². The summed E-state index contributed by atoms with van der Waals surface area (Å²) in [6, 6.07) is 15.7. The van der Waals surface area contributed by atoms with Gasteiger partial charge in [0.05, 0.1) is 16.8 Å². The van der Waals surface area contributed by atoms with Gasteiger partial charge < -0.3 is 20.5 Å². The maximum absolute atomic E-state index is 13.5. The lowest BCUT2D eigenvalue weighted by Crippen LogP contribution is -2.55. The average molecular weight is 475 g/mol. The number of hydrogen-bond acceptors (Lipinski definition) is 3. The molecule has 3 aromatic rings. The molecule has 0 unspecified atom stereocenters. The molecule has 34 heavy (non-hydrogen) atoms. The number of anilines is 1. The number of benzene rings is 2. The van der Waals surface area contributed by atoms with Gasteiger partial charge in [-0.1, -0.05) is 35.9 Å². The van der Waals surface area contributed by atoms with Crippen molar-refractivity contribution >= 4 is 40.8 Å². The predicted molar refractivity (Wildman–Crippen MR) is 137 cm³/mol. The van der Waals surface area contributed by atoms with E-state index in [2.05, 4.69) is 29.5 Å². The lowest BCUT2D eigenvalue weighted by molar-refractivity contribution is -0.110. The van der Waals surface area contributed by atoms with Crippen molar-refractivity contribution in [3.8, 4) is 11.1 Å². The summed E-state index contributed by atoms with van der Waals surface area (Å²) in [4.78, 5) is 31.7. The lowest BCUT2D eigenvalue weighted by atomic mass is 9.94. The fraction of sp³-hybridized carbons (Fsp3) is 0.259. The lowest BCUT2D eigenvalue weighted by Gasteiger charge is -2.36. The van der Waals surface area contributed by atoms with E-state index >= 15 is 0 Å². The smallest absolute Gasteiger partial charge is 0.256 e. The molecular formula is C27H27ClN4O2. The molecule has 0 bridgehead atoms. The molecule has 174 valence electrons. The van der Waals surface area contributed by atoms with E-state index in [1.165, 1.54) is 0 Å². The molecular weight excluding hydrogens is 448 g/mol. The summed E-state index contributed by atoms with van der Waals surface area (Å²) < 4.78 is 0. The normalized spacial score (nSPS) is 21.0. The van der Waals surface area contributed by atoms with Gasteiger partial charge in [0.1, 0.15) is 0 Å². The topological polar surface area (TPSA) is 77.2 Å². The standard InChI is InChI=1S/C27H27ClN4O2/c1-15-11-21(27(34)32-13-16(2)29-17(3)14-32)24(30-15)12-22-25-20(18-7-9-19(28)10-8-18)5-4-6-23(25)31-26(22)33/h4-12,16-17,29-30H,13-14H2,1-3H3,(H,31,33)/t16-,17+. The monoisotopic (exact) mass is 474 g/mol. The summed E-state index contributed by atoms with van der Waals surface area (Å²) in [5.41, 5.74) is 6.09. The van der Waals surface area contributed by atoms with Crippen LogP contribution in [-0.2, 0) is 4.79 Å². The molecule has 3 N–H and O–H groups in total. The van der Waals surface area contributed by atoms with Gasteiger partial charge in [-0.25, -0.2) is 0 Å². The van der Waals surface area contributed by atoms with Crippen molar-refractivity contribution < 1.29 is 9.59 Å². The Morgan fingerprint density at radius 3 is 2.50 bits per heavy atom. The van der Waals surface area contributed by atoms with Crippen LogP contribution in [0.3, 0.4) is 0 Å². The van der Waals surface area contributed by atoms with E-state index in [1.54, 1.807) is 6.08 Å². The van der Waals surface area contributed by atoms with Gasteiger partial charge in [-0.2, -0.15) is 0 Å². The fourth-order valence-electron chi connectivity index (χ4n) is 4.97. The molecule has 0 spiro atoms. The second kappa shape index (κ2) is 8.78. The van der Waals surface area contributed by atoms with Gasteiger partial charge in [-0.3, -0.25) is 9.59 Å². The van der Waals surface area contributed by atoms with Gasteiger partial charge >= 0.3 is 0 Å². The van der Waals surface area contributed by atoms with Crippen molar-refractivity contribution in [3.05, 3.63) is 76.1 Å². The molecule has 2 aromatic carbocycles. The second-order valence-corrected chi connectivity index (χ2v) is 9.64. The first-order valence-corrected chi connectivity index (χ1v) is 11.8. The average Bonchev–Trinajstić information content (AvgIpc) is 3.32.